The first-order valence-electron chi connectivity index (χ1n) is 9.16. The Balaban J connectivity index is 1.96. The summed E-state index contributed by atoms with van der Waals surface area (Å²) in [6.45, 7) is 12.3. The molecule has 1 fully saturated rings. The molecule has 1 N–H and O–H groups in total. The second-order valence-corrected chi connectivity index (χ2v) is 7.25. The number of hydrogen-bond donors (Lipinski definition) is 1. The third-order valence-corrected chi connectivity index (χ3v) is 4.66. The van der Waals surface area contributed by atoms with Crippen molar-refractivity contribution in [2.75, 3.05) is 19.6 Å². The van der Waals surface area contributed by atoms with E-state index in [1.54, 1.807) is 0 Å². The molecule has 3 unspecified atom stereocenters. The van der Waals surface area contributed by atoms with Gasteiger partial charge in [-0.2, -0.15) is 0 Å². The van der Waals surface area contributed by atoms with Crippen molar-refractivity contribution in [1.82, 2.24) is 10.2 Å². The number of nitrogens with one attached hydrogen (secondary N) is 1. The van der Waals surface area contributed by atoms with Crippen LogP contribution in [0.4, 0.5) is 0 Å². The zero-order chi connectivity index (χ0) is 17.7. The number of rotatable bonds is 6. The fourth-order valence-corrected chi connectivity index (χ4v) is 3.39. The fourth-order valence-electron chi connectivity index (χ4n) is 3.39. The lowest BCUT2D eigenvalue weighted by Gasteiger charge is -2.36. The summed E-state index contributed by atoms with van der Waals surface area (Å²) in [4.78, 5) is 14.5. The van der Waals surface area contributed by atoms with Gasteiger partial charge >= 0.3 is 0 Å². The van der Waals surface area contributed by atoms with Crippen molar-refractivity contribution >= 4 is 5.91 Å². The highest BCUT2D eigenvalue weighted by molar-refractivity contribution is 5.78. The minimum Gasteiger partial charge on any atom is -0.372 e. The molecule has 3 atom stereocenters. The molecule has 1 aromatic rings. The molecule has 2 rings (SSSR count). The van der Waals surface area contributed by atoms with Crippen LogP contribution in [0.3, 0.4) is 0 Å². The average Bonchev–Trinajstić information content (AvgIpc) is 2.54. The van der Waals surface area contributed by atoms with Crippen LogP contribution in [0.25, 0.3) is 0 Å². The average molecular weight is 332 g/mol. The van der Waals surface area contributed by atoms with Gasteiger partial charge in [-0.25, -0.2) is 0 Å². The minimum atomic E-state index is 0.111. The van der Waals surface area contributed by atoms with Crippen molar-refractivity contribution in [2.24, 2.45) is 5.92 Å². The minimum absolute atomic E-state index is 0.111. The molecule has 1 aliphatic heterocycles. The summed E-state index contributed by atoms with van der Waals surface area (Å²) in [5, 5.41) is 3.47. The van der Waals surface area contributed by atoms with E-state index in [-0.39, 0.29) is 24.2 Å². The van der Waals surface area contributed by atoms with Crippen molar-refractivity contribution in [3.05, 3.63) is 35.4 Å². The zero-order valence-corrected chi connectivity index (χ0v) is 15.7. The SMILES string of the molecule is CCc1ccc(C(NCC(=O)N2CC(C)OC(C)C2)C(C)C)cc1. The van der Waals surface area contributed by atoms with E-state index in [9.17, 15) is 4.79 Å². The Morgan fingerprint density at radius 1 is 1.21 bits per heavy atom. The van der Waals surface area contributed by atoms with Crippen LogP contribution in [0.2, 0.25) is 0 Å². The Labute approximate surface area is 146 Å². The van der Waals surface area contributed by atoms with Gasteiger partial charge in [0.2, 0.25) is 5.91 Å². The Bertz CT molecular complexity index is 517. The first kappa shape index (κ1) is 18.9. The van der Waals surface area contributed by atoms with Gasteiger partial charge in [-0.15, -0.1) is 0 Å². The molecular formula is C20H32N2O2. The largest absolute Gasteiger partial charge is 0.372 e. The molecule has 0 radical (unpaired) electrons. The zero-order valence-electron chi connectivity index (χ0n) is 15.7. The number of ether oxygens (including phenoxy) is 1. The Morgan fingerprint density at radius 3 is 2.29 bits per heavy atom. The Morgan fingerprint density at radius 2 is 1.79 bits per heavy atom. The first-order chi connectivity index (χ1) is 11.4. The first-order valence-corrected chi connectivity index (χ1v) is 9.16. The predicted molar refractivity (Wildman–Crippen MR) is 98.0 cm³/mol. The molecule has 0 aromatic heterocycles. The summed E-state index contributed by atoms with van der Waals surface area (Å²) in [5.74, 6) is 0.584. The maximum Gasteiger partial charge on any atom is 0.236 e. The topological polar surface area (TPSA) is 41.6 Å². The fraction of sp³-hybridized carbons (Fsp3) is 0.650. The van der Waals surface area contributed by atoms with Crippen LogP contribution in [0.1, 0.15) is 51.8 Å². The van der Waals surface area contributed by atoms with Gasteiger partial charge in [0.15, 0.2) is 0 Å². The number of hydrogen-bond acceptors (Lipinski definition) is 3. The van der Waals surface area contributed by atoms with Gasteiger partial charge in [0.25, 0.3) is 0 Å². The van der Waals surface area contributed by atoms with Gasteiger partial charge in [-0.1, -0.05) is 45.0 Å². The maximum absolute atomic E-state index is 12.6. The molecule has 4 heteroatoms. The van der Waals surface area contributed by atoms with Crippen molar-refractivity contribution in [3.8, 4) is 0 Å². The number of benzene rings is 1. The van der Waals surface area contributed by atoms with Crippen molar-refractivity contribution < 1.29 is 9.53 Å². The van der Waals surface area contributed by atoms with Gasteiger partial charge in [0.1, 0.15) is 0 Å². The number of amides is 1. The number of morpholine rings is 1. The lowest BCUT2D eigenvalue weighted by Crippen LogP contribution is -2.51. The van der Waals surface area contributed by atoms with Crippen LogP contribution in [0, 0.1) is 5.92 Å². The van der Waals surface area contributed by atoms with E-state index < -0.39 is 0 Å². The highest BCUT2D eigenvalue weighted by Crippen LogP contribution is 2.22. The maximum atomic E-state index is 12.6. The normalized spacial score (nSPS) is 22.7. The summed E-state index contributed by atoms with van der Waals surface area (Å²) in [5.41, 5.74) is 2.59. The van der Waals surface area contributed by atoms with E-state index in [4.69, 9.17) is 4.74 Å². The molecule has 1 aliphatic rings. The van der Waals surface area contributed by atoms with Gasteiger partial charge in [0, 0.05) is 19.1 Å². The van der Waals surface area contributed by atoms with E-state index in [1.807, 2.05) is 18.7 Å². The highest BCUT2D eigenvalue weighted by Gasteiger charge is 2.26. The number of carbonyl (C=O) groups excluding carboxylic acids is 1. The third kappa shape index (κ3) is 5.05. The van der Waals surface area contributed by atoms with Crippen LogP contribution in [0.15, 0.2) is 24.3 Å². The molecule has 0 saturated carbocycles. The summed E-state index contributed by atoms with van der Waals surface area (Å²) in [6, 6.07) is 8.91. The molecule has 134 valence electrons. The predicted octanol–water partition coefficient (Wildman–Crippen LogP) is 3.17. The summed E-state index contributed by atoms with van der Waals surface area (Å²) >= 11 is 0. The second-order valence-electron chi connectivity index (χ2n) is 7.25. The van der Waals surface area contributed by atoms with E-state index in [0.717, 1.165) is 6.42 Å². The molecule has 1 saturated heterocycles. The van der Waals surface area contributed by atoms with Crippen LogP contribution in [-0.2, 0) is 16.0 Å². The monoisotopic (exact) mass is 332 g/mol. The third-order valence-electron chi connectivity index (χ3n) is 4.66. The Kier molecular flexibility index (Phi) is 6.81. The van der Waals surface area contributed by atoms with E-state index in [2.05, 4.69) is 50.4 Å². The number of aryl methyl sites for hydroxylation is 1. The van der Waals surface area contributed by atoms with E-state index in [0.29, 0.717) is 25.6 Å². The Hall–Kier alpha value is -1.39. The lowest BCUT2D eigenvalue weighted by molar-refractivity contribution is -0.142. The molecule has 24 heavy (non-hydrogen) atoms. The molecule has 1 amide bonds. The van der Waals surface area contributed by atoms with E-state index >= 15 is 0 Å². The van der Waals surface area contributed by atoms with Gasteiger partial charge in [0.05, 0.1) is 18.8 Å². The standard InChI is InChI=1S/C20H32N2O2/c1-6-17-7-9-18(10-8-17)20(14(2)3)21-11-19(23)22-12-15(4)24-16(5)13-22/h7-10,14-16,20-21H,6,11-13H2,1-5H3. The van der Waals surface area contributed by atoms with Gasteiger partial charge in [-0.05, 0) is 37.3 Å². The lowest BCUT2D eigenvalue weighted by atomic mass is 9.95. The van der Waals surface area contributed by atoms with Crippen molar-refractivity contribution in [3.63, 3.8) is 0 Å². The molecule has 0 aliphatic carbocycles. The molecule has 0 bridgehead atoms. The summed E-state index contributed by atoms with van der Waals surface area (Å²) < 4.78 is 5.71. The summed E-state index contributed by atoms with van der Waals surface area (Å²) in [6.07, 6.45) is 1.27. The van der Waals surface area contributed by atoms with E-state index in [1.165, 1.54) is 11.1 Å². The molecular weight excluding hydrogens is 300 g/mol. The number of carbonyl (C=O) groups is 1. The van der Waals surface area contributed by atoms with Gasteiger partial charge in [-0.3, -0.25) is 4.79 Å². The van der Waals surface area contributed by atoms with Crippen molar-refractivity contribution in [1.29, 1.82) is 0 Å². The second kappa shape index (κ2) is 8.63. The molecule has 1 heterocycles. The number of nitrogens with zero attached hydrogens (tertiary/aromatic N) is 1. The van der Waals surface area contributed by atoms with Crippen LogP contribution in [0.5, 0.6) is 0 Å². The quantitative estimate of drug-likeness (QED) is 0.870. The molecule has 0 spiro atoms. The van der Waals surface area contributed by atoms with Gasteiger partial charge < -0.3 is 15.0 Å². The van der Waals surface area contributed by atoms with Crippen molar-refractivity contribution in [2.45, 2.75) is 59.3 Å². The molecule has 4 nitrogen and oxygen atoms in total. The van der Waals surface area contributed by atoms with Crippen LogP contribution < -0.4 is 5.32 Å². The highest BCUT2D eigenvalue weighted by atomic mass is 16.5. The smallest absolute Gasteiger partial charge is 0.236 e. The molecule has 1 aromatic carbocycles. The summed E-state index contributed by atoms with van der Waals surface area (Å²) in [7, 11) is 0. The van der Waals surface area contributed by atoms with Crippen LogP contribution in [-0.4, -0.2) is 42.6 Å². The van der Waals surface area contributed by atoms with Crippen LogP contribution >= 0.6 is 0 Å².